The third kappa shape index (κ3) is 2.83. The molecule has 0 heterocycles. The van der Waals surface area contributed by atoms with Gasteiger partial charge in [0.25, 0.3) is 0 Å². The van der Waals surface area contributed by atoms with Gasteiger partial charge in [0.2, 0.25) is 0 Å². The highest BCUT2D eigenvalue weighted by atomic mass is 31.1. The van der Waals surface area contributed by atoms with Gasteiger partial charge in [-0.05, 0) is 30.9 Å². The first-order chi connectivity index (χ1) is 8.70. The molecule has 0 radical (unpaired) electrons. The molecular formula is C15H19N2P. The van der Waals surface area contributed by atoms with Crippen LogP contribution in [0.3, 0.4) is 0 Å². The number of nitrogens with zero attached hydrogens (tertiary/aromatic N) is 2. The zero-order valence-electron chi connectivity index (χ0n) is 11.1. The van der Waals surface area contributed by atoms with E-state index in [2.05, 4.69) is 90.8 Å². The molecule has 0 aliphatic heterocycles. The Morgan fingerprint density at radius 1 is 0.667 bits per heavy atom. The summed E-state index contributed by atoms with van der Waals surface area (Å²) < 4.78 is 4.67. The van der Waals surface area contributed by atoms with Gasteiger partial charge >= 0.3 is 0 Å². The van der Waals surface area contributed by atoms with Crippen molar-refractivity contribution in [1.82, 2.24) is 0 Å². The maximum absolute atomic E-state index is 2.34. The zero-order chi connectivity index (χ0) is 13.0. The van der Waals surface area contributed by atoms with Gasteiger partial charge in [-0.15, -0.1) is 0 Å². The molecule has 0 aromatic heterocycles. The van der Waals surface area contributed by atoms with Crippen LogP contribution in [0.15, 0.2) is 60.7 Å². The first kappa shape index (κ1) is 12.9. The Balaban J connectivity index is 2.14. The first-order valence-electron chi connectivity index (χ1n) is 6.01. The van der Waals surface area contributed by atoms with Gasteiger partial charge in [-0.1, -0.05) is 36.4 Å². The van der Waals surface area contributed by atoms with Crippen LogP contribution in [0.1, 0.15) is 0 Å². The van der Waals surface area contributed by atoms with E-state index in [-0.39, 0.29) is 8.22 Å². The van der Waals surface area contributed by atoms with E-state index in [1.807, 2.05) is 0 Å². The Bertz CT molecular complexity index is 427. The molecular weight excluding hydrogens is 239 g/mol. The molecule has 0 saturated heterocycles. The van der Waals surface area contributed by atoms with E-state index in [1.165, 1.54) is 11.4 Å². The van der Waals surface area contributed by atoms with Crippen LogP contribution in [0.5, 0.6) is 0 Å². The molecule has 2 aromatic carbocycles. The second-order valence-electron chi connectivity index (χ2n) is 4.21. The summed E-state index contributed by atoms with van der Waals surface area (Å²) in [4.78, 5) is 0. The Labute approximate surface area is 111 Å². The van der Waals surface area contributed by atoms with Crippen molar-refractivity contribution < 1.29 is 0 Å². The standard InChI is InChI=1S/C15H19N2P/c1-16(14-10-6-4-7-11-14)18(3)17(2)15-12-8-5-9-13-15/h4-13H,1-3H3. The Morgan fingerprint density at radius 3 is 1.33 bits per heavy atom. The van der Waals surface area contributed by atoms with Gasteiger partial charge < -0.3 is 9.34 Å². The zero-order valence-corrected chi connectivity index (χ0v) is 12.0. The molecule has 0 fully saturated rings. The van der Waals surface area contributed by atoms with Gasteiger partial charge in [0.15, 0.2) is 0 Å². The maximum Gasteiger partial charge on any atom is 0.0912 e. The summed E-state index contributed by atoms with van der Waals surface area (Å²) in [5.74, 6) is 0. The predicted octanol–water partition coefficient (Wildman–Crippen LogP) is 4.20. The first-order valence-corrected chi connectivity index (χ1v) is 7.70. The van der Waals surface area contributed by atoms with Gasteiger partial charge in [0.05, 0.1) is 8.22 Å². The summed E-state index contributed by atoms with van der Waals surface area (Å²) in [5.41, 5.74) is 2.52. The molecule has 18 heavy (non-hydrogen) atoms. The Morgan fingerprint density at radius 2 is 1.00 bits per heavy atom. The van der Waals surface area contributed by atoms with Gasteiger partial charge in [-0.25, -0.2) is 0 Å². The van der Waals surface area contributed by atoms with Gasteiger partial charge in [-0.3, -0.25) is 0 Å². The summed E-state index contributed by atoms with van der Waals surface area (Å²) >= 11 is 0. The molecule has 3 heteroatoms. The van der Waals surface area contributed by atoms with Gasteiger partial charge in [0, 0.05) is 25.5 Å². The second-order valence-corrected chi connectivity index (χ2v) is 6.39. The predicted molar refractivity (Wildman–Crippen MR) is 82.5 cm³/mol. The van der Waals surface area contributed by atoms with E-state index in [1.54, 1.807) is 0 Å². The van der Waals surface area contributed by atoms with Crippen LogP contribution in [0.25, 0.3) is 0 Å². The van der Waals surface area contributed by atoms with Crippen molar-refractivity contribution in [3.05, 3.63) is 60.7 Å². The van der Waals surface area contributed by atoms with E-state index < -0.39 is 0 Å². The lowest BCUT2D eigenvalue weighted by Gasteiger charge is -2.35. The lowest BCUT2D eigenvalue weighted by atomic mass is 10.3. The summed E-state index contributed by atoms with van der Waals surface area (Å²) in [5, 5.41) is 0. The van der Waals surface area contributed by atoms with Crippen LogP contribution < -0.4 is 9.34 Å². The molecule has 0 spiro atoms. The third-order valence-corrected chi connectivity index (χ3v) is 5.33. The van der Waals surface area contributed by atoms with Crippen molar-refractivity contribution in [1.29, 1.82) is 0 Å². The number of benzene rings is 2. The highest BCUT2D eigenvalue weighted by Gasteiger charge is 2.15. The summed E-state index contributed by atoms with van der Waals surface area (Å²) in [6.45, 7) is 2.27. The quantitative estimate of drug-likeness (QED) is 0.758. The fourth-order valence-corrected chi connectivity index (χ4v) is 3.16. The SMILES string of the molecule is CN(c1ccccc1)P(C)N(C)c1ccccc1. The largest absolute Gasteiger partial charge is 0.337 e. The maximum atomic E-state index is 2.34. The van der Waals surface area contributed by atoms with Gasteiger partial charge in [-0.2, -0.15) is 0 Å². The van der Waals surface area contributed by atoms with E-state index >= 15 is 0 Å². The second kappa shape index (κ2) is 5.88. The fourth-order valence-electron chi connectivity index (χ4n) is 1.82. The van der Waals surface area contributed by atoms with Crippen LogP contribution in [0, 0.1) is 0 Å². The molecule has 94 valence electrons. The van der Waals surface area contributed by atoms with Crippen LogP contribution >= 0.6 is 8.22 Å². The third-order valence-electron chi connectivity index (χ3n) is 3.13. The summed E-state index contributed by atoms with van der Waals surface area (Å²) in [6, 6.07) is 21.0. The molecule has 0 aliphatic rings. The lowest BCUT2D eigenvalue weighted by molar-refractivity contribution is 1.25. The Kier molecular flexibility index (Phi) is 4.22. The normalized spacial score (nSPS) is 10.4. The van der Waals surface area contributed by atoms with Crippen molar-refractivity contribution in [2.75, 3.05) is 30.1 Å². The van der Waals surface area contributed by atoms with Crippen LogP contribution in [0.2, 0.25) is 0 Å². The topological polar surface area (TPSA) is 6.48 Å². The van der Waals surface area contributed by atoms with Crippen molar-refractivity contribution in [2.24, 2.45) is 0 Å². The van der Waals surface area contributed by atoms with Crippen LogP contribution in [0.4, 0.5) is 11.4 Å². The Hall–Kier alpha value is -1.53. The minimum absolute atomic E-state index is 0.389. The number of hydrogen-bond acceptors (Lipinski definition) is 2. The van der Waals surface area contributed by atoms with Gasteiger partial charge in [0.1, 0.15) is 0 Å². The van der Waals surface area contributed by atoms with Crippen molar-refractivity contribution >= 4 is 19.6 Å². The minimum Gasteiger partial charge on any atom is -0.337 e. The monoisotopic (exact) mass is 258 g/mol. The number of para-hydroxylation sites is 2. The van der Waals surface area contributed by atoms with Crippen molar-refractivity contribution in [3.63, 3.8) is 0 Å². The molecule has 0 aliphatic carbocycles. The molecule has 2 rings (SSSR count). The summed E-state index contributed by atoms with van der Waals surface area (Å²) in [7, 11) is 3.92. The molecule has 2 nitrogen and oxygen atoms in total. The van der Waals surface area contributed by atoms with Crippen molar-refractivity contribution in [3.8, 4) is 0 Å². The lowest BCUT2D eigenvalue weighted by Crippen LogP contribution is -2.21. The van der Waals surface area contributed by atoms with Crippen LogP contribution in [-0.4, -0.2) is 20.8 Å². The molecule has 2 aromatic rings. The van der Waals surface area contributed by atoms with Crippen molar-refractivity contribution in [2.45, 2.75) is 0 Å². The van der Waals surface area contributed by atoms with E-state index in [9.17, 15) is 0 Å². The molecule has 0 amide bonds. The van der Waals surface area contributed by atoms with E-state index in [4.69, 9.17) is 0 Å². The highest BCUT2D eigenvalue weighted by molar-refractivity contribution is 7.60. The summed E-state index contributed by atoms with van der Waals surface area (Å²) in [6.07, 6.45) is 0. The average molecular weight is 258 g/mol. The average Bonchev–Trinajstić information content (AvgIpc) is 2.47. The number of hydrogen-bond donors (Lipinski definition) is 0. The van der Waals surface area contributed by atoms with E-state index in [0.717, 1.165) is 0 Å². The number of anilines is 2. The molecule has 0 unspecified atom stereocenters. The van der Waals surface area contributed by atoms with Crippen LogP contribution in [-0.2, 0) is 0 Å². The molecule has 0 saturated carbocycles. The molecule has 0 atom stereocenters. The fraction of sp³-hybridized carbons (Fsp3) is 0.200. The highest BCUT2D eigenvalue weighted by Crippen LogP contribution is 2.43. The number of rotatable bonds is 4. The smallest absolute Gasteiger partial charge is 0.0912 e. The van der Waals surface area contributed by atoms with E-state index in [0.29, 0.717) is 0 Å². The molecule has 0 N–H and O–H groups in total. The molecule has 0 bridgehead atoms. The minimum atomic E-state index is -0.389.